The minimum atomic E-state index is -0.586. The van der Waals surface area contributed by atoms with Gasteiger partial charge in [0.1, 0.15) is 0 Å². The van der Waals surface area contributed by atoms with E-state index in [9.17, 15) is 9.59 Å². The van der Waals surface area contributed by atoms with Gasteiger partial charge in [-0.15, -0.1) is 0 Å². The van der Waals surface area contributed by atoms with E-state index in [0.29, 0.717) is 27.8 Å². The number of amides is 2. The number of carbonyl (C=O) groups excluding carboxylic acids is 2. The molecule has 1 heterocycles. The van der Waals surface area contributed by atoms with E-state index in [1.54, 1.807) is 60.7 Å². The first kappa shape index (κ1) is 24.2. The van der Waals surface area contributed by atoms with E-state index in [1.807, 2.05) is 18.2 Å². The minimum Gasteiger partial charge on any atom is -0.343 e. The SMILES string of the molecule is CN(CC(N)c1ccc(C(=O)Nc2ccncc2)cc1)C(=O)C1(c2ccc(Cl)c(Cl)c2)CCC1. The van der Waals surface area contributed by atoms with Crippen molar-refractivity contribution in [2.24, 2.45) is 5.73 Å². The third-order valence-corrected chi connectivity index (χ3v) is 7.18. The number of nitrogens with zero attached hydrogens (tertiary/aromatic N) is 2. The Hall–Kier alpha value is -2.93. The molecular formula is C26H26Cl2N4O2. The Morgan fingerprint density at radius 3 is 2.32 bits per heavy atom. The highest BCUT2D eigenvalue weighted by atomic mass is 35.5. The molecule has 4 rings (SSSR count). The van der Waals surface area contributed by atoms with Crippen LogP contribution < -0.4 is 11.1 Å². The Morgan fingerprint density at radius 1 is 1.06 bits per heavy atom. The lowest BCUT2D eigenvalue weighted by Crippen LogP contribution is -2.51. The lowest BCUT2D eigenvalue weighted by molar-refractivity contribution is -0.139. The number of nitrogens with two attached hydrogens (primary N) is 1. The van der Waals surface area contributed by atoms with Crippen LogP contribution in [0.4, 0.5) is 5.69 Å². The second kappa shape index (κ2) is 10.1. The zero-order chi connectivity index (χ0) is 24.3. The summed E-state index contributed by atoms with van der Waals surface area (Å²) in [5.74, 6) is -0.187. The summed E-state index contributed by atoms with van der Waals surface area (Å²) in [7, 11) is 1.77. The van der Waals surface area contributed by atoms with Gasteiger partial charge in [0.25, 0.3) is 5.91 Å². The second-order valence-electron chi connectivity index (χ2n) is 8.67. The Labute approximate surface area is 209 Å². The number of carbonyl (C=O) groups is 2. The lowest BCUT2D eigenvalue weighted by atomic mass is 9.63. The van der Waals surface area contributed by atoms with Gasteiger partial charge < -0.3 is 16.0 Å². The summed E-state index contributed by atoms with van der Waals surface area (Å²) in [4.78, 5) is 31.6. The minimum absolute atomic E-state index is 0.0286. The molecule has 3 N–H and O–H groups in total. The van der Waals surface area contributed by atoms with E-state index in [0.717, 1.165) is 30.4 Å². The van der Waals surface area contributed by atoms with Gasteiger partial charge >= 0.3 is 0 Å². The van der Waals surface area contributed by atoms with Crippen LogP contribution in [0, 0.1) is 0 Å². The number of benzene rings is 2. The highest BCUT2D eigenvalue weighted by Crippen LogP contribution is 2.46. The fraction of sp³-hybridized carbons (Fsp3) is 0.269. The van der Waals surface area contributed by atoms with Crippen molar-refractivity contribution in [1.82, 2.24) is 9.88 Å². The summed E-state index contributed by atoms with van der Waals surface area (Å²) < 4.78 is 0. The van der Waals surface area contributed by atoms with Crippen LogP contribution in [-0.4, -0.2) is 35.3 Å². The van der Waals surface area contributed by atoms with Gasteiger partial charge in [0.15, 0.2) is 0 Å². The van der Waals surface area contributed by atoms with Gasteiger partial charge in [-0.25, -0.2) is 0 Å². The monoisotopic (exact) mass is 496 g/mol. The summed E-state index contributed by atoms with van der Waals surface area (Å²) >= 11 is 12.3. The van der Waals surface area contributed by atoms with Crippen molar-refractivity contribution in [2.75, 3.05) is 18.9 Å². The van der Waals surface area contributed by atoms with Crippen molar-refractivity contribution in [1.29, 1.82) is 0 Å². The predicted molar refractivity (Wildman–Crippen MR) is 135 cm³/mol. The number of pyridine rings is 1. The van der Waals surface area contributed by atoms with Crippen LogP contribution in [0.15, 0.2) is 67.0 Å². The molecule has 3 aromatic rings. The standard InChI is InChI=1S/C26H26Cl2N4O2/c1-32(25(34)26(11-2-12-26)19-7-8-21(27)22(28)15-19)16-23(29)17-3-5-18(6-4-17)24(33)31-20-9-13-30-14-10-20/h3-10,13-15,23H,2,11-12,16,29H2,1H3,(H,30,31,33). The van der Waals surface area contributed by atoms with Gasteiger partial charge in [0.05, 0.1) is 15.5 Å². The summed E-state index contributed by atoms with van der Waals surface area (Å²) in [6.45, 7) is 0.352. The average molecular weight is 497 g/mol. The van der Waals surface area contributed by atoms with E-state index in [2.05, 4.69) is 10.3 Å². The normalized spacial score (nSPS) is 15.2. The zero-order valence-corrected chi connectivity index (χ0v) is 20.3. The molecule has 6 nitrogen and oxygen atoms in total. The van der Waals surface area contributed by atoms with Crippen molar-refractivity contribution in [2.45, 2.75) is 30.7 Å². The fourth-order valence-electron chi connectivity index (χ4n) is 4.32. The number of likely N-dealkylation sites (N-methyl/N-ethyl adjacent to an activating group) is 1. The predicted octanol–water partition coefficient (Wildman–Crippen LogP) is 5.22. The number of anilines is 1. The summed E-state index contributed by atoms with van der Waals surface area (Å²) in [6, 6.07) is 15.6. The van der Waals surface area contributed by atoms with Gasteiger partial charge in [-0.05, 0) is 60.4 Å². The number of hydrogen-bond acceptors (Lipinski definition) is 4. The molecule has 0 bridgehead atoms. The van der Waals surface area contributed by atoms with Crippen molar-refractivity contribution in [3.63, 3.8) is 0 Å². The van der Waals surface area contributed by atoms with Gasteiger partial charge in [0.2, 0.25) is 5.91 Å². The van der Waals surface area contributed by atoms with Crippen LogP contribution in [0.5, 0.6) is 0 Å². The van der Waals surface area contributed by atoms with Crippen molar-refractivity contribution < 1.29 is 9.59 Å². The third-order valence-electron chi connectivity index (χ3n) is 6.45. The molecule has 34 heavy (non-hydrogen) atoms. The van der Waals surface area contributed by atoms with Crippen LogP contribution in [0.1, 0.15) is 46.8 Å². The molecule has 1 fully saturated rings. The fourth-order valence-corrected chi connectivity index (χ4v) is 4.62. The quantitative estimate of drug-likeness (QED) is 0.469. The van der Waals surface area contributed by atoms with Crippen LogP contribution in [-0.2, 0) is 10.2 Å². The van der Waals surface area contributed by atoms with E-state index in [1.165, 1.54) is 0 Å². The number of rotatable bonds is 7. The Kier molecular flexibility index (Phi) is 7.22. The molecule has 0 saturated heterocycles. The molecule has 1 atom stereocenters. The van der Waals surface area contributed by atoms with E-state index in [-0.39, 0.29) is 11.8 Å². The summed E-state index contributed by atoms with van der Waals surface area (Å²) in [6.07, 6.45) is 5.75. The van der Waals surface area contributed by atoms with Crippen LogP contribution in [0.25, 0.3) is 0 Å². The maximum atomic E-state index is 13.5. The Morgan fingerprint density at radius 2 is 1.74 bits per heavy atom. The van der Waals surface area contributed by atoms with Crippen molar-refractivity contribution in [3.8, 4) is 0 Å². The van der Waals surface area contributed by atoms with Gasteiger partial charge in [-0.3, -0.25) is 14.6 Å². The highest BCUT2D eigenvalue weighted by molar-refractivity contribution is 6.42. The maximum Gasteiger partial charge on any atom is 0.255 e. The van der Waals surface area contributed by atoms with E-state index < -0.39 is 11.5 Å². The van der Waals surface area contributed by atoms with Crippen LogP contribution in [0.2, 0.25) is 10.0 Å². The molecule has 0 spiro atoms. The molecule has 2 aromatic carbocycles. The molecule has 1 unspecified atom stereocenters. The van der Waals surface area contributed by atoms with E-state index >= 15 is 0 Å². The van der Waals surface area contributed by atoms with Crippen molar-refractivity contribution in [3.05, 3.63) is 93.7 Å². The first-order valence-corrected chi connectivity index (χ1v) is 11.8. The molecule has 1 aliphatic carbocycles. The molecule has 8 heteroatoms. The molecule has 0 aliphatic heterocycles. The highest BCUT2D eigenvalue weighted by Gasteiger charge is 2.47. The molecule has 0 radical (unpaired) electrons. The van der Waals surface area contributed by atoms with Crippen LogP contribution >= 0.6 is 23.2 Å². The van der Waals surface area contributed by atoms with Crippen molar-refractivity contribution >= 4 is 40.7 Å². The number of halogens is 2. The number of aromatic nitrogens is 1. The lowest BCUT2D eigenvalue weighted by Gasteiger charge is -2.43. The Bertz CT molecular complexity index is 1180. The first-order chi connectivity index (χ1) is 16.3. The third kappa shape index (κ3) is 4.94. The Balaban J connectivity index is 1.41. The van der Waals surface area contributed by atoms with Crippen LogP contribution in [0.3, 0.4) is 0 Å². The first-order valence-electron chi connectivity index (χ1n) is 11.1. The van der Waals surface area contributed by atoms with Gasteiger partial charge in [-0.2, -0.15) is 0 Å². The maximum absolute atomic E-state index is 13.5. The molecule has 176 valence electrons. The smallest absolute Gasteiger partial charge is 0.255 e. The largest absolute Gasteiger partial charge is 0.343 e. The second-order valence-corrected chi connectivity index (χ2v) is 9.48. The number of hydrogen-bond donors (Lipinski definition) is 2. The molecular weight excluding hydrogens is 471 g/mol. The number of nitrogens with one attached hydrogen (secondary N) is 1. The van der Waals surface area contributed by atoms with E-state index in [4.69, 9.17) is 28.9 Å². The average Bonchev–Trinajstić information content (AvgIpc) is 2.81. The van der Waals surface area contributed by atoms with Gasteiger partial charge in [0, 0.05) is 43.3 Å². The van der Waals surface area contributed by atoms with Gasteiger partial charge in [-0.1, -0.05) is 47.8 Å². The topological polar surface area (TPSA) is 88.3 Å². The summed E-state index contributed by atoms with van der Waals surface area (Å²) in [5.41, 5.74) is 8.77. The summed E-state index contributed by atoms with van der Waals surface area (Å²) in [5, 5.41) is 3.75. The molecule has 2 amide bonds. The molecule has 1 saturated carbocycles. The molecule has 1 aromatic heterocycles. The molecule has 1 aliphatic rings. The zero-order valence-electron chi connectivity index (χ0n) is 18.8.